The predicted molar refractivity (Wildman–Crippen MR) is 143 cm³/mol. The molecule has 4 aromatic rings. The molecule has 8 heteroatoms. The van der Waals surface area contributed by atoms with Crippen molar-refractivity contribution in [2.45, 2.75) is 51.0 Å². The highest BCUT2D eigenvalue weighted by Crippen LogP contribution is 2.39. The van der Waals surface area contributed by atoms with Gasteiger partial charge in [-0.2, -0.15) is 0 Å². The van der Waals surface area contributed by atoms with Gasteiger partial charge in [0.1, 0.15) is 4.83 Å². The number of anilines is 1. The van der Waals surface area contributed by atoms with Crippen LogP contribution in [0.1, 0.15) is 36.3 Å². The van der Waals surface area contributed by atoms with Crippen LogP contribution in [0.15, 0.2) is 64.5 Å². The number of amides is 1. The van der Waals surface area contributed by atoms with E-state index in [1.807, 2.05) is 61.5 Å². The van der Waals surface area contributed by atoms with E-state index in [1.54, 1.807) is 4.57 Å². The van der Waals surface area contributed by atoms with Gasteiger partial charge in [-0.3, -0.25) is 14.2 Å². The smallest absolute Gasteiger partial charge is 0.267 e. The molecule has 0 aliphatic carbocycles. The predicted octanol–water partition coefficient (Wildman–Crippen LogP) is 5.73. The van der Waals surface area contributed by atoms with Crippen LogP contribution in [-0.4, -0.2) is 26.8 Å². The van der Waals surface area contributed by atoms with Crippen molar-refractivity contribution in [3.05, 3.63) is 81.0 Å². The number of aryl methyl sites for hydroxylation is 1. The van der Waals surface area contributed by atoms with Gasteiger partial charge < -0.3 is 10.1 Å². The molecule has 6 nitrogen and oxygen atoms in total. The summed E-state index contributed by atoms with van der Waals surface area (Å²) in [6, 6.07) is 17.2. The van der Waals surface area contributed by atoms with Gasteiger partial charge >= 0.3 is 0 Å². The lowest BCUT2D eigenvalue weighted by atomic mass is 9.90. The van der Waals surface area contributed by atoms with Gasteiger partial charge in [-0.15, -0.1) is 11.3 Å². The second-order valence-electron chi connectivity index (χ2n) is 9.03. The average molecular weight is 506 g/mol. The largest absolute Gasteiger partial charge is 0.369 e. The summed E-state index contributed by atoms with van der Waals surface area (Å²) in [5.74, 6) is -0.00813. The highest BCUT2D eigenvalue weighted by atomic mass is 32.2. The molecule has 1 atom stereocenters. The van der Waals surface area contributed by atoms with Crippen LogP contribution in [-0.2, 0) is 22.6 Å². The molecule has 0 unspecified atom stereocenters. The van der Waals surface area contributed by atoms with E-state index in [2.05, 4.69) is 19.2 Å². The summed E-state index contributed by atoms with van der Waals surface area (Å²) in [4.78, 5) is 33.3. The number of carbonyl (C=O) groups excluding carboxylic acids is 1. The summed E-state index contributed by atoms with van der Waals surface area (Å²) in [7, 11) is 0. The highest BCUT2D eigenvalue weighted by Gasteiger charge is 2.33. The SMILES string of the molecule is CC[C@@]1(C)Cc2c(sc3nc(SCC(=O)Nc4ccc(C)cc4)n(-c4ccccc4)c(=O)c23)CO1. The molecule has 1 aliphatic rings. The molecule has 180 valence electrons. The molecule has 0 spiro atoms. The number of ether oxygens (including phenoxy) is 1. The van der Waals surface area contributed by atoms with Gasteiger partial charge in [-0.1, -0.05) is 54.6 Å². The van der Waals surface area contributed by atoms with Crippen LogP contribution in [0.25, 0.3) is 15.9 Å². The molecule has 3 heterocycles. The van der Waals surface area contributed by atoms with E-state index in [-0.39, 0.29) is 22.8 Å². The van der Waals surface area contributed by atoms with Crippen molar-refractivity contribution in [3.63, 3.8) is 0 Å². The first-order valence-electron chi connectivity index (χ1n) is 11.6. The minimum absolute atomic E-state index is 0.0968. The number of para-hydroxylation sites is 1. The highest BCUT2D eigenvalue weighted by molar-refractivity contribution is 7.99. The monoisotopic (exact) mass is 505 g/mol. The van der Waals surface area contributed by atoms with Crippen LogP contribution in [0, 0.1) is 6.92 Å². The Balaban J connectivity index is 1.52. The summed E-state index contributed by atoms with van der Waals surface area (Å²) in [6.07, 6.45) is 1.56. The van der Waals surface area contributed by atoms with Crippen molar-refractivity contribution < 1.29 is 9.53 Å². The lowest BCUT2D eigenvalue weighted by Crippen LogP contribution is -2.34. The molecule has 1 N–H and O–H groups in total. The number of thiophene rings is 1. The standard InChI is InChI=1S/C27H27N3O3S2/c1-4-27(3)14-20-21(15-33-27)35-24-23(20)25(32)30(19-8-6-5-7-9-19)26(29-24)34-16-22(31)28-18-12-10-17(2)11-13-18/h5-13H,4,14-16H2,1-3H3,(H,28,31)/t27-/m0/s1. The lowest BCUT2D eigenvalue weighted by Gasteiger charge is -2.32. The third-order valence-electron chi connectivity index (χ3n) is 6.41. The second kappa shape index (κ2) is 9.60. The molecule has 0 fully saturated rings. The Bertz CT molecular complexity index is 1440. The van der Waals surface area contributed by atoms with E-state index < -0.39 is 0 Å². The molecular weight excluding hydrogens is 478 g/mol. The number of hydrogen-bond acceptors (Lipinski definition) is 6. The zero-order valence-corrected chi connectivity index (χ0v) is 21.6. The summed E-state index contributed by atoms with van der Waals surface area (Å²) >= 11 is 2.78. The quantitative estimate of drug-likeness (QED) is 0.268. The number of benzene rings is 2. The maximum absolute atomic E-state index is 13.9. The van der Waals surface area contributed by atoms with E-state index in [9.17, 15) is 9.59 Å². The summed E-state index contributed by atoms with van der Waals surface area (Å²) in [6.45, 7) is 6.70. The zero-order chi connectivity index (χ0) is 24.6. The van der Waals surface area contributed by atoms with Crippen molar-refractivity contribution in [2.75, 3.05) is 11.1 Å². The number of aromatic nitrogens is 2. The van der Waals surface area contributed by atoms with E-state index >= 15 is 0 Å². The van der Waals surface area contributed by atoms with Gasteiger partial charge in [-0.05, 0) is 50.1 Å². The van der Waals surface area contributed by atoms with Crippen molar-refractivity contribution in [1.29, 1.82) is 0 Å². The Hall–Kier alpha value is -2.94. The van der Waals surface area contributed by atoms with Gasteiger partial charge in [0, 0.05) is 17.0 Å². The Morgan fingerprint density at radius 1 is 1.20 bits per heavy atom. The number of nitrogens with zero attached hydrogens (tertiary/aromatic N) is 2. The Kier molecular flexibility index (Phi) is 6.53. The Morgan fingerprint density at radius 2 is 1.94 bits per heavy atom. The normalized spacial score (nSPS) is 17.3. The molecule has 35 heavy (non-hydrogen) atoms. The fourth-order valence-electron chi connectivity index (χ4n) is 4.19. The van der Waals surface area contributed by atoms with Crippen molar-refractivity contribution in [3.8, 4) is 5.69 Å². The third kappa shape index (κ3) is 4.78. The maximum atomic E-state index is 13.9. The first kappa shape index (κ1) is 23.8. The van der Waals surface area contributed by atoms with Crippen LogP contribution in [0.3, 0.4) is 0 Å². The fourth-order valence-corrected chi connectivity index (χ4v) is 6.15. The number of carbonyl (C=O) groups is 1. The number of thioether (sulfide) groups is 1. The summed E-state index contributed by atoms with van der Waals surface area (Å²) < 4.78 is 7.75. The van der Waals surface area contributed by atoms with Crippen molar-refractivity contribution in [1.82, 2.24) is 9.55 Å². The minimum Gasteiger partial charge on any atom is -0.369 e. The molecule has 0 bridgehead atoms. The van der Waals surface area contributed by atoms with E-state index in [0.29, 0.717) is 28.4 Å². The van der Waals surface area contributed by atoms with Crippen LogP contribution >= 0.6 is 23.1 Å². The first-order chi connectivity index (χ1) is 16.9. The number of fused-ring (bicyclic) bond motifs is 3. The molecule has 0 saturated heterocycles. The molecule has 1 amide bonds. The number of hydrogen-bond donors (Lipinski definition) is 1. The Morgan fingerprint density at radius 3 is 2.66 bits per heavy atom. The molecule has 0 saturated carbocycles. The van der Waals surface area contributed by atoms with Crippen LogP contribution in [0.2, 0.25) is 0 Å². The van der Waals surface area contributed by atoms with Crippen molar-refractivity contribution in [2.24, 2.45) is 0 Å². The van der Waals surface area contributed by atoms with Gasteiger partial charge in [-0.25, -0.2) is 4.98 Å². The number of rotatable bonds is 6. The molecule has 5 rings (SSSR count). The maximum Gasteiger partial charge on any atom is 0.267 e. The summed E-state index contributed by atoms with van der Waals surface area (Å²) in [5.41, 5.74) is 3.28. The van der Waals surface area contributed by atoms with Gasteiger partial charge in [0.15, 0.2) is 5.16 Å². The van der Waals surface area contributed by atoms with Crippen LogP contribution in [0.5, 0.6) is 0 Å². The lowest BCUT2D eigenvalue weighted by molar-refractivity contribution is -0.113. The fraction of sp³-hybridized carbons (Fsp3) is 0.296. The van der Waals surface area contributed by atoms with Gasteiger partial charge in [0.05, 0.1) is 29.0 Å². The minimum atomic E-state index is -0.285. The molecular formula is C27H27N3O3S2. The van der Waals surface area contributed by atoms with E-state index in [1.165, 1.54) is 23.1 Å². The molecule has 2 aromatic heterocycles. The van der Waals surface area contributed by atoms with Gasteiger partial charge in [0.2, 0.25) is 5.91 Å². The van der Waals surface area contributed by atoms with Crippen LogP contribution in [0.4, 0.5) is 5.69 Å². The first-order valence-corrected chi connectivity index (χ1v) is 13.4. The zero-order valence-electron chi connectivity index (χ0n) is 20.0. The Labute approximate surface area is 212 Å². The second-order valence-corrected chi connectivity index (χ2v) is 11.1. The van der Waals surface area contributed by atoms with Crippen molar-refractivity contribution >= 4 is 44.9 Å². The van der Waals surface area contributed by atoms with E-state index in [4.69, 9.17) is 9.72 Å². The van der Waals surface area contributed by atoms with Crippen LogP contribution < -0.4 is 10.9 Å². The molecule has 0 radical (unpaired) electrons. The third-order valence-corrected chi connectivity index (χ3v) is 8.45. The average Bonchev–Trinajstić information content (AvgIpc) is 3.22. The summed E-state index contributed by atoms with van der Waals surface area (Å²) in [5, 5.41) is 4.09. The number of nitrogens with one attached hydrogen (secondary N) is 1. The topological polar surface area (TPSA) is 73.2 Å². The molecule has 1 aliphatic heterocycles. The van der Waals surface area contributed by atoms with E-state index in [0.717, 1.165) is 33.8 Å². The molecule has 2 aromatic carbocycles. The van der Waals surface area contributed by atoms with Gasteiger partial charge in [0.25, 0.3) is 5.56 Å².